The minimum absolute atomic E-state index is 0.0474. The van der Waals surface area contributed by atoms with E-state index >= 15 is 0 Å². The Bertz CT molecular complexity index is 641. The van der Waals surface area contributed by atoms with Crippen molar-refractivity contribution in [3.8, 4) is 0 Å². The second-order valence-electron chi connectivity index (χ2n) is 5.14. The minimum Gasteiger partial charge on any atom is -0.387 e. The van der Waals surface area contributed by atoms with Crippen LogP contribution < -0.4 is 0 Å². The number of imidazole rings is 1. The number of ether oxygens (including phenoxy) is 1. The zero-order chi connectivity index (χ0) is 12.5. The lowest BCUT2D eigenvalue weighted by Gasteiger charge is -2.21. The third-order valence-electron chi connectivity index (χ3n) is 3.81. The van der Waals surface area contributed by atoms with Gasteiger partial charge in [-0.2, -0.15) is 0 Å². The van der Waals surface area contributed by atoms with Crippen LogP contribution in [-0.4, -0.2) is 42.4 Å². The average molecular weight is 267 g/mol. The Morgan fingerprint density at radius 1 is 1.50 bits per heavy atom. The van der Waals surface area contributed by atoms with Crippen molar-refractivity contribution in [3.05, 3.63) is 17.8 Å². The van der Waals surface area contributed by atoms with Crippen LogP contribution in [0.15, 0.2) is 12.7 Å². The molecule has 2 aliphatic rings. The lowest BCUT2D eigenvalue weighted by Crippen LogP contribution is -2.28. The molecule has 2 aromatic rings. The van der Waals surface area contributed by atoms with Gasteiger partial charge in [0.1, 0.15) is 24.1 Å². The van der Waals surface area contributed by atoms with E-state index in [-0.39, 0.29) is 18.2 Å². The molecule has 1 aliphatic carbocycles. The first-order chi connectivity index (χ1) is 8.58. The molecule has 7 heteroatoms. The summed E-state index contributed by atoms with van der Waals surface area (Å²) in [5, 5.41) is 10.5. The Labute approximate surface area is 108 Å². The Kier molecular flexibility index (Phi) is 1.89. The van der Waals surface area contributed by atoms with Gasteiger partial charge in [0, 0.05) is 6.42 Å². The fraction of sp³-hybridized carbons (Fsp3) is 0.545. The van der Waals surface area contributed by atoms with Crippen LogP contribution in [0.2, 0.25) is 5.15 Å². The summed E-state index contributed by atoms with van der Waals surface area (Å²) in [6.07, 6.45) is 3.72. The standard InChI is InChI=1S/C11H11ClN4O2/c1-11(17)2-5(7-8(11)18-7)16-4-15-6-9(12)13-3-14-10(6)16/h3-5,7-8,17H,2H2,1H3/t5-,7+,8+,11-/m0/s1. The molecule has 4 atom stereocenters. The van der Waals surface area contributed by atoms with Crippen molar-refractivity contribution in [1.82, 2.24) is 19.5 Å². The first-order valence-corrected chi connectivity index (χ1v) is 6.16. The Balaban J connectivity index is 1.83. The molecule has 1 saturated heterocycles. The highest BCUT2D eigenvalue weighted by Gasteiger charge is 2.63. The number of hydrogen-bond acceptors (Lipinski definition) is 5. The van der Waals surface area contributed by atoms with E-state index in [1.165, 1.54) is 6.33 Å². The van der Waals surface area contributed by atoms with Gasteiger partial charge in [-0.3, -0.25) is 0 Å². The van der Waals surface area contributed by atoms with E-state index in [1.807, 2.05) is 4.57 Å². The van der Waals surface area contributed by atoms with Gasteiger partial charge >= 0.3 is 0 Å². The predicted molar refractivity (Wildman–Crippen MR) is 63.3 cm³/mol. The van der Waals surface area contributed by atoms with Crippen LogP contribution in [0.1, 0.15) is 19.4 Å². The molecule has 0 radical (unpaired) electrons. The van der Waals surface area contributed by atoms with E-state index in [9.17, 15) is 5.11 Å². The van der Waals surface area contributed by atoms with Crippen LogP contribution in [0.5, 0.6) is 0 Å². The Hall–Kier alpha value is -1.24. The second-order valence-corrected chi connectivity index (χ2v) is 5.50. The SMILES string of the molecule is C[C@]1(O)C[C@H](n2cnc3c(Cl)ncnc32)[C@H]2O[C@H]21. The zero-order valence-corrected chi connectivity index (χ0v) is 10.4. The highest BCUT2D eigenvalue weighted by Crippen LogP contribution is 2.52. The molecule has 6 nitrogen and oxygen atoms in total. The lowest BCUT2D eigenvalue weighted by atomic mass is 10.0. The van der Waals surface area contributed by atoms with Crippen molar-refractivity contribution in [2.75, 3.05) is 0 Å². The molecule has 0 bridgehead atoms. The molecule has 94 valence electrons. The van der Waals surface area contributed by atoms with Crippen molar-refractivity contribution in [3.63, 3.8) is 0 Å². The molecule has 18 heavy (non-hydrogen) atoms. The molecule has 0 unspecified atom stereocenters. The molecule has 4 rings (SSSR count). The fourth-order valence-electron chi connectivity index (χ4n) is 2.90. The maximum Gasteiger partial charge on any atom is 0.165 e. The summed E-state index contributed by atoms with van der Waals surface area (Å²) in [7, 11) is 0. The molecule has 2 fully saturated rings. The molecule has 1 N–H and O–H groups in total. The molecule has 0 spiro atoms. The van der Waals surface area contributed by atoms with Crippen LogP contribution in [0.4, 0.5) is 0 Å². The fourth-order valence-corrected chi connectivity index (χ4v) is 3.07. The van der Waals surface area contributed by atoms with Crippen LogP contribution in [0, 0.1) is 0 Å². The summed E-state index contributed by atoms with van der Waals surface area (Å²) in [6.45, 7) is 1.80. The van der Waals surface area contributed by atoms with Gasteiger partial charge in [-0.15, -0.1) is 0 Å². The monoisotopic (exact) mass is 266 g/mol. The summed E-state index contributed by atoms with van der Waals surface area (Å²) >= 11 is 5.97. The van der Waals surface area contributed by atoms with Crippen LogP contribution in [-0.2, 0) is 4.74 Å². The van der Waals surface area contributed by atoms with E-state index in [1.54, 1.807) is 13.3 Å². The smallest absolute Gasteiger partial charge is 0.165 e. The van der Waals surface area contributed by atoms with Gasteiger partial charge in [-0.25, -0.2) is 15.0 Å². The largest absolute Gasteiger partial charge is 0.387 e. The molecular formula is C11H11ClN4O2. The van der Waals surface area contributed by atoms with Crippen molar-refractivity contribution >= 4 is 22.8 Å². The van der Waals surface area contributed by atoms with Gasteiger partial charge in [-0.05, 0) is 6.92 Å². The highest BCUT2D eigenvalue weighted by atomic mass is 35.5. The number of rotatable bonds is 1. The van der Waals surface area contributed by atoms with Gasteiger partial charge in [0.15, 0.2) is 10.8 Å². The minimum atomic E-state index is -0.775. The van der Waals surface area contributed by atoms with Gasteiger partial charge in [-0.1, -0.05) is 11.6 Å². The number of hydrogen-bond donors (Lipinski definition) is 1. The molecular weight excluding hydrogens is 256 g/mol. The van der Waals surface area contributed by atoms with Gasteiger partial charge in [0.25, 0.3) is 0 Å². The number of aliphatic hydroxyl groups is 1. The average Bonchev–Trinajstić information content (AvgIpc) is 2.94. The summed E-state index contributed by atoms with van der Waals surface area (Å²) < 4.78 is 7.43. The molecule has 2 aromatic heterocycles. The van der Waals surface area contributed by atoms with Crippen LogP contribution >= 0.6 is 11.6 Å². The third kappa shape index (κ3) is 1.28. The highest BCUT2D eigenvalue weighted by molar-refractivity contribution is 6.33. The normalized spacial score (nSPS) is 38.1. The second kappa shape index (κ2) is 3.20. The number of nitrogens with zero attached hydrogens (tertiary/aromatic N) is 4. The van der Waals surface area contributed by atoms with Crippen molar-refractivity contribution in [2.24, 2.45) is 0 Å². The zero-order valence-electron chi connectivity index (χ0n) is 9.62. The van der Waals surface area contributed by atoms with E-state index in [0.29, 0.717) is 22.7 Å². The van der Waals surface area contributed by atoms with Gasteiger partial charge in [0.2, 0.25) is 0 Å². The van der Waals surface area contributed by atoms with Crippen molar-refractivity contribution in [1.29, 1.82) is 0 Å². The number of epoxide rings is 1. The van der Waals surface area contributed by atoms with E-state index in [2.05, 4.69) is 15.0 Å². The molecule has 1 saturated carbocycles. The number of aromatic nitrogens is 4. The predicted octanol–water partition coefficient (Wildman–Crippen LogP) is 0.943. The summed E-state index contributed by atoms with van der Waals surface area (Å²) in [5.41, 5.74) is 0.498. The van der Waals surface area contributed by atoms with Crippen molar-refractivity contribution in [2.45, 2.75) is 37.2 Å². The quantitative estimate of drug-likeness (QED) is 0.614. The maximum absolute atomic E-state index is 10.2. The molecule has 0 amide bonds. The topological polar surface area (TPSA) is 76.4 Å². The first kappa shape index (κ1) is 10.7. The number of halogens is 1. The van der Waals surface area contributed by atoms with Gasteiger partial charge in [0.05, 0.1) is 18.0 Å². The van der Waals surface area contributed by atoms with E-state index in [4.69, 9.17) is 16.3 Å². The molecule has 3 heterocycles. The summed E-state index contributed by atoms with van der Waals surface area (Å²) in [6, 6.07) is 0.0565. The lowest BCUT2D eigenvalue weighted by molar-refractivity contribution is 0.00964. The van der Waals surface area contributed by atoms with E-state index in [0.717, 1.165) is 0 Å². The van der Waals surface area contributed by atoms with Crippen molar-refractivity contribution < 1.29 is 9.84 Å². The summed E-state index contributed by atoms with van der Waals surface area (Å²) in [4.78, 5) is 12.4. The maximum atomic E-state index is 10.2. The Morgan fingerprint density at radius 3 is 3.00 bits per heavy atom. The summed E-state index contributed by atoms with van der Waals surface area (Å²) in [5.74, 6) is 0. The molecule has 1 aliphatic heterocycles. The molecule has 0 aromatic carbocycles. The van der Waals surface area contributed by atoms with Crippen LogP contribution in [0.3, 0.4) is 0 Å². The van der Waals surface area contributed by atoms with Crippen LogP contribution in [0.25, 0.3) is 11.2 Å². The van der Waals surface area contributed by atoms with E-state index < -0.39 is 5.60 Å². The Morgan fingerprint density at radius 2 is 2.33 bits per heavy atom. The number of fused-ring (bicyclic) bond motifs is 2. The first-order valence-electron chi connectivity index (χ1n) is 5.79. The van der Waals surface area contributed by atoms with Gasteiger partial charge < -0.3 is 14.4 Å². The third-order valence-corrected chi connectivity index (χ3v) is 4.09.